The molecule has 0 aliphatic rings. The Balaban J connectivity index is 1.73. The Morgan fingerprint density at radius 1 is 1.42 bits per heavy atom. The molecule has 2 aromatic heterocycles. The summed E-state index contributed by atoms with van der Waals surface area (Å²) < 4.78 is 28.5. The number of aryl methyl sites for hydroxylation is 1. The zero-order valence-electron chi connectivity index (χ0n) is 10.3. The molecule has 2 rings (SSSR count). The number of thiophene rings is 1. The second-order valence-electron chi connectivity index (χ2n) is 4.10. The number of anilines is 1. The molecule has 104 valence electrons. The lowest BCUT2D eigenvalue weighted by Gasteiger charge is -2.05. The zero-order valence-corrected chi connectivity index (χ0v) is 12.0. The standard InChI is InChI=1S/C11H16N4O2S2/c12-10-7-11(18-8-10)19(16,17)14-3-1-2-5-15-6-4-13-9-15/h4,6-9,14H,1-3,5,12H2. The van der Waals surface area contributed by atoms with Crippen LogP contribution in [0.15, 0.2) is 34.4 Å². The summed E-state index contributed by atoms with van der Waals surface area (Å²) in [5.41, 5.74) is 5.99. The number of hydrogen-bond donors (Lipinski definition) is 2. The molecule has 0 fully saturated rings. The Labute approximate surface area is 116 Å². The number of nitrogens with one attached hydrogen (secondary N) is 1. The van der Waals surface area contributed by atoms with Crippen LogP contribution in [-0.2, 0) is 16.6 Å². The minimum absolute atomic E-state index is 0.264. The summed E-state index contributed by atoms with van der Waals surface area (Å²) in [4.78, 5) is 3.94. The number of unbranched alkanes of at least 4 members (excludes halogenated alkanes) is 1. The van der Waals surface area contributed by atoms with E-state index in [0.29, 0.717) is 12.2 Å². The number of hydrogen-bond acceptors (Lipinski definition) is 5. The van der Waals surface area contributed by atoms with Crippen LogP contribution in [-0.4, -0.2) is 24.5 Å². The molecule has 3 N–H and O–H groups in total. The van der Waals surface area contributed by atoms with Crippen LogP contribution in [0.25, 0.3) is 0 Å². The lowest BCUT2D eigenvalue weighted by atomic mass is 10.3. The second kappa shape index (κ2) is 6.18. The van der Waals surface area contributed by atoms with Gasteiger partial charge in [-0.2, -0.15) is 0 Å². The van der Waals surface area contributed by atoms with Crippen molar-refractivity contribution in [1.82, 2.24) is 14.3 Å². The van der Waals surface area contributed by atoms with Crippen LogP contribution in [0, 0.1) is 0 Å². The molecule has 0 saturated carbocycles. The van der Waals surface area contributed by atoms with Crippen LogP contribution >= 0.6 is 11.3 Å². The normalized spacial score (nSPS) is 11.8. The van der Waals surface area contributed by atoms with Crippen molar-refractivity contribution in [3.8, 4) is 0 Å². The predicted molar refractivity (Wildman–Crippen MR) is 75.4 cm³/mol. The Kier molecular flexibility index (Phi) is 4.56. The van der Waals surface area contributed by atoms with E-state index in [-0.39, 0.29) is 4.21 Å². The van der Waals surface area contributed by atoms with Crippen molar-refractivity contribution in [2.75, 3.05) is 12.3 Å². The van der Waals surface area contributed by atoms with Crippen LogP contribution in [0.3, 0.4) is 0 Å². The second-order valence-corrected chi connectivity index (χ2v) is 7.01. The van der Waals surface area contributed by atoms with E-state index in [1.165, 1.54) is 6.07 Å². The van der Waals surface area contributed by atoms with Crippen molar-refractivity contribution in [1.29, 1.82) is 0 Å². The van der Waals surface area contributed by atoms with E-state index in [2.05, 4.69) is 9.71 Å². The zero-order chi connectivity index (χ0) is 13.7. The lowest BCUT2D eigenvalue weighted by molar-refractivity contribution is 0.567. The third-order valence-corrected chi connectivity index (χ3v) is 5.47. The highest BCUT2D eigenvalue weighted by atomic mass is 32.2. The Bertz CT molecular complexity index is 604. The van der Waals surface area contributed by atoms with Gasteiger partial charge in [-0.3, -0.25) is 0 Å². The van der Waals surface area contributed by atoms with E-state index >= 15 is 0 Å². The van der Waals surface area contributed by atoms with Gasteiger partial charge in [0, 0.05) is 36.6 Å². The molecule has 0 spiro atoms. The molecule has 0 saturated heterocycles. The molecule has 0 atom stereocenters. The SMILES string of the molecule is Nc1csc(S(=O)(=O)NCCCCn2ccnc2)c1. The van der Waals surface area contributed by atoms with Gasteiger partial charge in [-0.1, -0.05) is 0 Å². The molecule has 8 heteroatoms. The molecule has 0 aromatic carbocycles. The highest BCUT2D eigenvalue weighted by Gasteiger charge is 2.15. The first-order valence-electron chi connectivity index (χ1n) is 5.87. The van der Waals surface area contributed by atoms with Crippen molar-refractivity contribution in [3.63, 3.8) is 0 Å². The maximum absolute atomic E-state index is 11.9. The summed E-state index contributed by atoms with van der Waals surface area (Å²) in [6.07, 6.45) is 7.03. The van der Waals surface area contributed by atoms with E-state index in [4.69, 9.17) is 5.73 Å². The highest BCUT2D eigenvalue weighted by Crippen LogP contribution is 2.21. The van der Waals surface area contributed by atoms with E-state index in [1.807, 2.05) is 10.8 Å². The summed E-state index contributed by atoms with van der Waals surface area (Å²) in [6.45, 7) is 1.27. The monoisotopic (exact) mass is 300 g/mol. The fourth-order valence-electron chi connectivity index (χ4n) is 1.59. The minimum Gasteiger partial charge on any atom is -0.398 e. The largest absolute Gasteiger partial charge is 0.398 e. The third-order valence-electron chi connectivity index (χ3n) is 2.55. The number of imidazole rings is 1. The van der Waals surface area contributed by atoms with Crippen LogP contribution in [0.4, 0.5) is 5.69 Å². The van der Waals surface area contributed by atoms with E-state index in [1.54, 1.807) is 17.9 Å². The lowest BCUT2D eigenvalue weighted by Crippen LogP contribution is -2.24. The minimum atomic E-state index is -3.40. The third kappa shape index (κ3) is 4.05. The molecular weight excluding hydrogens is 284 g/mol. The first-order valence-corrected chi connectivity index (χ1v) is 8.23. The van der Waals surface area contributed by atoms with Gasteiger partial charge < -0.3 is 10.3 Å². The molecular formula is C11H16N4O2S2. The van der Waals surface area contributed by atoms with Crippen LogP contribution in [0.5, 0.6) is 0 Å². The van der Waals surface area contributed by atoms with Gasteiger partial charge in [0.1, 0.15) is 4.21 Å². The quantitative estimate of drug-likeness (QED) is 0.754. The maximum Gasteiger partial charge on any atom is 0.250 e. The summed E-state index contributed by atoms with van der Waals surface area (Å²) >= 11 is 1.13. The fourth-order valence-corrected chi connectivity index (χ4v) is 3.79. The van der Waals surface area contributed by atoms with Crippen molar-refractivity contribution in [2.45, 2.75) is 23.6 Å². The van der Waals surface area contributed by atoms with Crippen LogP contribution in [0.2, 0.25) is 0 Å². The first-order chi connectivity index (χ1) is 9.08. The van der Waals surface area contributed by atoms with Crippen LogP contribution in [0.1, 0.15) is 12.8 Å². The van der Waals surface area contributed by atoms with Crippen molar-refractivity contribution in [3.05, 3.63) is 30.2 Å². The molecule has 0 unspecified atom stereocenters. The Morgan fingerprint density at radius 2 is 2.26 bits per heavy atom. The van der Waals surface area contributed by atoms with Crippen LogP contribution < -0.4 is 10.5 Å². The molecule has 2 aromatic rings. The van der Waals surface area contributed by atoms with E-state index in [9.17, 15) is 8.42 Å². The smallest absolute Gasteiger partial charge is 0.250 e. The molecule has 0 bridgehead atoms. The predicted octanol–water partition coefficient (Wildman–Crippen LogP) is 1.29. The van der Waals surface area contributed by atoms with Crippen molar-refractivity contribution < 1.29 is 8.42 Å². The average molecular weight is 300 g/mol. The van der Waals surface area contributed by atoms with E-state index in [0.717, 1.165) is 30.7 Å². The molecule has 19 heavy (non-hydrogen) atoms. The summed E-state index contributed by atoms with van der Waals surface area (Å²) in [5.74, 6) is 0. The average Bonchev–Trinajstić information content (AvgIpc) is 3.00. The van der Waals surface area contributed by atoms with E-state index < -0.39 is 10.0 Å². The number of aromatic nitrogens is 2. The van der Waals surface area contributed by atoms with Crippen molar-refractivity contribution >= 4 is 27.0 Å². The number of rotatable bonds is 7. The number of nitrogens with two attached hydrogens (primary N) is 1. The molecule has 0 aliphatic carbocycles. The molecule has 0 aliphatic heterocycles. The summed E-state index contributed by atoms with van der Waals surface area (Å²) in [7, 11) is -3.40. The molecule has 2 heterocycles. The van der Waals surface area contributed by atoms with Crippen molar-refractivity contribution in [2.24, 2.45) is 0 Å². The number of nitrogens with zero attached hydrogens (tertiary/aromatic N) is 2. The Morgan fingerprint density at radius 3 is 2.89 bits per heavy atom. The molecule has 0 radical (unpaired) electrons. The molecule has 6 nitrogen and oxygen atoms in total. The van der Waals surface area contributed by atoms with Gasteiger partial charge in [-0.25, -0.2) is 18.1 Å². The van der Waals surface area contributed by atoms with Gasteiger partial charge in [-0.15, -0.1) is 11.3 Å². The Hall–Kier alpha value is -1.38. The number of nitrogen functional groups attached to an aromatic ring is 1. The number of sulfonamides is 1. The van der Waals surface area contributed by atoms with Gasteiger partial charge in [0.25, 0.3) is 0 Å². The summed E-state index contributed by atoms with van der Waals surface area (Å²) in [5, 5.41) is 1.62. The first kappa shape index (κ1) is 14.0. The molecule has 0 amide bonds. The van der Waals surface area contributed by atoms with Gasteiger partial charge in [0.2, 0.25) is 10.0 Å². The highest BCUT2D eigenvalue weighted by molar-refractivity contribution is 7.91. The fraction of sp³-hybridized carbons (Fsp3) is 0.364. The van der Waals surface area contributed by atoms with Gasteiger partial charge in [-0.05, 0) is 18.9 Å². The van der Waals surface area contributed by atoms with Gasteiger partial charge in [0.15, 0.2) is 0 Å². The van der Waals surface area contributed by atoms with Gasteiger partial charge >= 0.3 is 0 Å². The maximum atomic E-state index is 11.9. The van der Waals surface area contributed by atoms with Gasteiger partial charge in [0.05, 0.1) is 6.33 Å². The topological polar surface area (TPSA) is 90.0 Å². The summed E-state index contributed by atoms with van der Waals surface area (Å²) in [6, 6.07) is 1.47.